The van der Waals surface area contributed by atoms with Gasteiger partial charge in [-0.3, -0.25) is 9.69 Å². The number of benzene rings is 1. The lowest BCUT2D eigenvalue weighted by molar-refractivity contribution is -0.115. The van der Waals surface area contributed by atoms with E-state index in [2.05, 4.69) is 39.4 Å². The number of carbonyl (C=O) groups is 1. The third-order valence-electron chi connectivity index (χ3n) is 3.43. The number of nitrogens with zero attached hydrogens (tertiary/aromatic N) is 3. The first-order valence-electron chi connectivity index (χ1n) is 7.27. The fourth-order valence-corrected chi connectivity index (χ4v) is 2.34. The number of piperidine rings is 1. The molecule has 0 amide bonds. The Hall–Kier alpha value is -2.01. The van der Waals surface area contributed by atoms with Crippen LogP contribution in [0.15, 0.2) is 40.5 Å². The number of carbonyl (C=O) groups excluding carboxylic acids is 1. The zero-order valence-electron chi connectivity index (χ0n) is 12.5. The highest BCUT2D eigenvalue weighted by Crippen LogP contribution is 2.12. The van der Waals surface area contributed by atoms with Crippen LogP contribution in [0, 0.1) is 0 Å². The molecule has 1 saturated heterocycles. The summed E-state index contributed by atoms with van der Waals surface area (Å²) in [5.41, 5.74) is 8.03. The number of nitrogens with two attached hydrogens (primary N) is 1. The van der Waals surface area contributed by atoms with Crippen LogP contribution in [0.1, 0.15) is 31.7 Å². The molecule has 1 aliphatic rings. The Morgan fingerprint density at radius 1 is 1.24 bits per heavy atom. The number of amidine groups is 1. The highest BCUT2D eigenvalue weighted by molar-refractivity contribution is 5.99. The van der Waals surface area contributed by atoms with Gasteiger partial charge in [0.05, 0.1) is 6.42 Å². The molecule has 0 bridgehead atoms. The molecule has 1 heterocycles. The van der Waals surface area contributed by atoms with Crippen molar-refractivity contribution in [2.24, 2.45) is 15.9 Å². The van der Waals surface area contributed by atoms with Gasteiger partial charge >= 0.3 is 0 Å². The highest BCUT2D eigenvalue weighted by atomic mass is 16.1. The lowest BCUT2D eigenvalue weighted by atomic mass is 10.1. The first-order valence-corrected chi connectivity index (χ1v) is 7.27. The average molecular weight is 286 g/mol. The zero-order chi connectivity index (χ0) is 15.1. The van der Waals surface area contributed by atoms with Gasteiger partial charge in [0, 0.05) is 38.2 Å². The second kappa shape index (κ2) is 7.69. The van der Waals surface area contributed by atoms with Crippen molar-refractivity contribution >= 4 is 17.3 Å². The summed E-state index contributed by atoms with van der Waals surface area (Å²) in [7, 11) is 0. The Bertz CT molecular complexity index is 526. The van der Waals surface area contributed by atoms with Gasteiger partial charge in [0.2, 0.25) is 0 Å². The molecule has 1 aliphatic heterocycles. The van der Waals surface area contributed by atoms with Gasteiger partial charge < -0.3 is 5.73 Å². The lowest BCUT2D eigenvalue weighted by Crippen LogP contribution is -2.33. The molecule has 1 aromatic carbocycles. The van der Waals surface area contributed by atoms with Crippen molar-refractivity contribution in [3.05, 3.63) is 35.9 Å². The Kier molecular flexibility index (Phi) is 5.63. The van der Waals surface area contributed by atoms with Gasteiger partial charge in [0.15, 0.2) is 0 Å². The number of ketones is 1. The molecule has 0 saturated carbocycles. The molecular formula is C16H22N4O. The summed E-state index contributed by atoms with van der Waals surface area (Å²) in [6, 6.07) is 10.5. The quantitative estimate of drug-likeness (QED) is 0.511. The number of likely N-dealkylation sites (tertiary alicyclic amines) is 1. The van der Waals surface area contributed by atoms with Crippen molar-refractivity contribution in [3.8, 4) is 0 Å². The molecule has 0 unspecified atom stereocenters. The number of Topliss-reactive ketones (excluding diaryl/α,β-unsaturated/α-hetero) is 1. The summed E-state index contributed by atoms with van der Waals surface area (Å²) in [5, 5.41) is 8.12. The first kappa shape index (κ1) is 15.4. The minimum absolute atomic E-state index is 0.00845. The Balaban J connectivity index is 1.81. The monoisotopic (exact) mass is 286 g/mol. The summed E-state index contributed by atoms with van der Waals surface area (Å²) in [6.45, 7) is 4.44. The zero-order valence-corrected chi connectivity index (χ0v) is 12.5. The molecule has 2 N–H and O–H groups in total. The van der Waals surface area contributed by atoms with Crippen LogP contribution >= 0.6 is 0 Å². The third-order valence-corrected chi connectivity index (χ3v) is 3.43. The molecule has 0 aliphatic carbocycles. The van der Waals surface area contributed by atoms with Gasteiger partial charge in [0.25, 0.3) is 0 Å². The smallest absolute Gasteiger partial charge is 0.137 e. The van der Waals surface area contributed by atoms with Crippen LogP contribution in [-0.4, -0.2) is 35.3 Å². The van der Waals surface area contributed by atoms with Gasteiger partial charge in [-0.15, -0.1) is 5.10 Å². The molecule has 112 valence electrons. The molecular weight excluding hydrogens is 264 g/mol. The van der Waals surface area contributed by atoms with Crippen LogP contribution in [0.2, 0.25) is 0 Å². The standard InChI is InChI=1S/C16H22N4O/c1-13(21)11-16(17)19-18-15-7-9-20(10-8-15)12-14-5-3-2-4-6-14/h2-6H,7-12H2,1H3,(H2,17,19). The maximum Gasteiger partial charge on any atom is 0.137 e. The first-order chi connectivity index (χ1) is 10.1. The molecule has 0 radical (unpaired) electrons. The van der Waals surface area contributed by atoms with Gasteiger partial charge in [-0.25, -0.2) is 0 Å². The number of hydrogen-bond acceptors (Lipinski definition) is 4. The third kappa shape index (κ3) is 5.47. The van der Waals surface area contributed by atoms with Crippen LogP contribution in [-0.2, 0) is 11.3 Å². The van der Waals surface area contributed by atoms with E-state index in [1.54, 1.807) is 0 Å². The number of rotatable bonds is 5. The minimum Gasteiger partial charge on any atom is -0.385 e. The van der Waals surface area contributed by atoms with Crippen molar-refractivity contribution in [1.82, 2.24) is 4.90 Å². The van der Waals surface area contributed by atoms with E-state index < -0.39 is 0 Å². The molecule has 1 fully saturated rings. The van der Waals surface area contributed by atoms with E-state index >= 15 is 0 Å². The lowest BCUT2D eigenvalue weighted by Gasteiger charge is -2.27. The summed E-state index contributed by atoms with van der Waals surface area (Å²) >= 11 is 0. The Morgan fingerprint density at radius 2 is 1.90 bits per heavy atom. The van der Waals surface area contributed by atoms with Gasteiger partial charge in [0.1, 0.15) is 11.6 Å². The molecule has 5 heteroatoms. The average Bonchev–Trinajstić information content (AvgIpc) is 2.47. The van der Waals surface area contributed by atoms with E-state index in [1.807, 2.05) is 6.07 Å². The molecule has 2 rings (SSSR count). The second-order valence-electron chi connectivity index (χ2n) is 5.40. The van der Waals surface area contributed by atoms with Crippen LogP contribution in [0.3, 0.4) is 0 Å². The molecule has 21 heavy (non-hydrogen) atoms. The summed E-state index contributed by atoms with van der Waals surface area (Å²) in [6.07, 6.45) is 1.99. The van der Waals surface area contributed by atoms with E-state index in [9.17, 15) is 4.79 Å². The van der Waals surface area contributed by atoms with Crippen molar-refractivity contribution < 1.29 is 4.79 Å². The Labute approximate surface area is 125 Å². The van der Waals surface area contributed by atoms with E-state index in [1.165, 1.54) is 12.5 Å². The molecule has 0 aromatic heterocycles. The summed E-state index contributed by atoms with van der Waals surface area (Å²) in [4.78, 5) is 13.3. The Morgan fingerprint density at radius 3 is 2.52 bits per heavy atom. The van der Waals surface area contributed by atoms with Crippen LogP contribution < -0.4 is 5.73 Å². The topological polar surface area (TPSA) is 71.0 Å². The maximum absolute atomic E-state index is 10.9. The molecule has 0 spiro atoms. The second-order valence-corrected chi connectivity index (χ2v) is 5.40. The summed E-state index contributed by atoms with van der Waals surface area (Å²) < 4.78 is 0. The van der Waals surface area contributed by atoms with Crippen LogP contribution in [0.4, 0.5) is 0 Å². The SMILES string of the molecule is CC(=O)CC(N)=NN=C1CCN(Cc2ccccc2)CC1. The fourth-order valence-electron chi connectivity index (χ4n) is 2.34. The fraction of sp³-hybridized carbons (Fsp3) is 0.438. The van der Waals surface area contributed by atoms with Crippen molar-refractivity contribution in [2.75, 3.05) is 13.1 Å². The predicted octanol–water partition coefficient (Wildman–Crippen LogP) is 1.97. The number of hydrogen-bond donors (Lipinski definition) is 1. The normalized spacial score (nSPS) is 16.8. The van der Waals surface area contributed by atoms with Gasteiger partial charge in [-0.2, -0.15) is 5.10 Å². The van der Waals surface area contributed by atoms with Crippen LogP contribution in [0.25, 0.3) is 0 Å². The minimum atomic E-state index is 0.00845. The van der Waals surface area contributed by atoms with Crippen LogP contribution in [0.5, 0.6) is 0 Å². The van der Waals surface area contributed by atoms with Gasteiger partial charge in [-0.05, 0) is 12.5 Å². The summed E-state index contributed by atoms with van der Waals surface area (Å²) in [5.74, 6) is 0.302. The molecule has 1 aromatic rings. The molecule has 0 atom stereocenters. The predicted molar refractivity (Wildman–Crippen MR) is 85.3 cm³/mol. The van der Waals surface area contributed by atoms with Crippen molar-refractivity contribution in [3.63, 3.8) is 0 Å². The van der Waals surface area contributed by atoms with Crippen molar-refractivity contribution in [2.45, 2.75) is 32.7 Å². The van der Waals surface area contributed by atoms with E-state index in [0.717, 1.165) is 38.2 Å². The van der Waals surface area contributed by atoms with Gasteiger partial charge in [-0.1, -0.05) is 30.3 Å². The molecule has 5 nitrogen and oxygen atoms in total. The largest absolute Gasteiger partial charge is 0.385 e. The van der Waals surface area contributed by atoms with E-state index in [4.69, 9.17) is 5.73 Å². The van der Waals surface area contributed by atoms with E-state index in [0.29, 0.717) is 5.84 Å². The highest BCUT2D eigenvalue weighted by Gasteiger charge is 2.15. The maximum atomic E-state index is 10.9. The van der Waals surface area contributed by atoms with E-state index in [-0.39, 0.29) is 12.2 Å². The van der Waals surface area contributed by atoms with Crippen molar-refractivity contribution in [1.29, 1.82) is 0 Å².